The van der Waals surface area contributed by atoms with Crippen molar-refractivity contribution >= 4 is 35.0 Å². The van der Waals surface area contributed by atoms with Gasteiger partial charge in [-0.25, -0.2) is 0 Å². The number of fused-ring (bicyclic) bond motifs is 1. The molecule has 3 saturated heterocycles. The molecule has 5 rings (SSSR count). The number of likely N-dealkylation sites (tertiary alicyclic amines) is 1. The zero-order chi connectivity index (χ0) is 31.6. The third-order valence-corrected chi connectivity index (χ3v) is 9.76. The molecule has 0 aliphatic carbocycles. The second kappa shape index (κ2) is 12.9. The minimum atomic E-state index is -1.23. The third kappa shape index (κ3) is 5.37. The Morgan fingerprint density at radius 3 is 2.39 bits per heavy atom. The largest absolute Gasteiger partial charge is 0.394 e. The van der Waals surface area contributed by atoms with Crippen LogP contribution in [-0.4, -0.2) is 82.2 Å². The Bertz CT molecular complexity index is 1400. The molecule has 3 amide bonds. The predicted molar refractivity (Wildman–Crippen MR) is 171 cm³/mol. The first kappa shape index (κ1) is 31.9. The van der Waals surface area contributed by atoms with Crippen LogP contribution in [0.2, 0.25) is 5.02 Å². The quantitative estimate of drug-likeness (QED) is 0.330. The van der Waals surface area contributed by atoms with Gasteiger partial charge in [-0.1, -0.05) is 61.0 Å². The van der Waals surface area contributed by atoms with Crippen LogP contribution >= 0.6 is 11.6 Å². The smallest absolute Gasteiger partial charge is 0.253 e. The average Bonchev–Trinajstić information content (AvgIpc) is 3.59. The Morgan fingerprint density at radius 1 is 1.09 bits per heavy atom. The summed E-state index contributed by atoms with van der Waals surface area (Å²) < 4.78 is 6.86. The van der Waals surface area contributed by atoms with E-state index in [0.717, 1.165) is 12.0 Å². The first-order valence-electron chi connectivity index (χ1n) is 15.4. The molecule has 2 aromatic carbocycles. The van der Waals surface area contributed by atoms with E-state index in [0.29, 0.717) is 43.1 Å². The Kier molecular flexibility index (Phi) is 9.35. The fraction of sp³-hybridized carbons (Fsp3) is 0.457. The number of hydrogen-bond donors (Lipinski definition) is 1. The number of benzene rings is 2. The number of halogens is 1. The Labute approximate surface area is 264 Å². The fourth-order valence-corrected chi connectivity index (χ4v) is 7.81. The second-order valence-electron chi connectivity index (χ2n) is 12.3. The third-order valence-electron chi connectivity index (χ3n) is 9.50. The molecule has 3 fully saturated rings. The molecule has 9 heteroatoms. The van der Waals surface area contributed by atoms with Crippen LogP contribution in [0.1, 0.15) is 38.7 Å². The lowest BCUT2D eigenvalue weighted by Crippen LogP contribution is -2.59. The Hall–Kier alpha value is -3.46. The monoisotopic (exact) mass is 619 g/mol. The van der Waals surface area contributed by atoms with Crippen molar-refractivity contribution in [1.82, 2.24) is 9.80 Å². The number of ether oxygens (including phenoxy) is 1. The van der Waals surface area contributed by atoms with Crippen molar-refractivity contribution in [2.45, 2.75) is 62.8 Å². The van der Waals surface area contributed by atoms with E-state index in [4.69, 9.17) is 16.3 Å². The molecule has 44 heavy (non-hydrogen) atoms. The lowest BCUT2D eigenvalue weighted by molar-refractivity contribution is -0.152. The average molecular weight is 620 g/mol. The number of nitrogens with zero attached hydrogens (tertiary/aromatic N) is 3. The van der Waals surface area contributed by atoms with Crippen LogP contribution in [0.5, 0.6) is 0 Å². The van der Waals surface area contributed by atoms with Crippen LogP contribution in [0.25, 0.3) is 0 Å². The summed E-state index contributed by atoms with van der Waals surface area (Å²) in [6.07, 6.45) is 5.39. The van der Waals surface area contributed by atoms with E-state index in [-0.39, 0.29) is 30.9 Å². The highest BCUT2D eigenvalue weighted by atomic mass is 35.5. The molecule has 8 nitrogen and oxygen atoms in total. The van der Waals surface area contributed by atoms with Crippen molar-refractivity contribution in [2.24, 2.45) is 11.8 Å². The van der Waals surface area contributed by atoms with E-state index < -0.39 is 35.1 Å². The number of amides is 3. The number of carbonyl (C=O) groups excluding carboxylic acids is 3. The Morgan fingerprint density at radius 2 is 1.77 bits per heavy atom. The van der Waals surface area contributed by atoms with Gasteiger partial charge in [0.1, 0.15) is 11.6 Å². The number of carbonyl (C=O) groups is 3. The van der Waals surface area contributed by atoms with Crippen LogP contribution in [0.15, 0.2) is 79.9 Å². The SMILES string of the molecule is C=CCN(CCC)C(=O)[C@H]1[C@H]2C(=O)N([C@@H](CO)Cc3ccccc3)C(C(=O)N(CC=C)c3ccc(Cl)cc3)C23CC[C@]1(C)O3. The van der Waals surface area contributed by atoms with Crippen molar-refractivity contribution < 1.29 is 24.2 Å². The molecule has 234 valence electrons. The number of anilines is 1. The van der Waals surface area contributed by atoms with Gasteiger partial charge in [0.2, 0.25) is 11.8 Å². The Balaban J connectivity index is 1.63. The molecular formula is C35H42ClN3O5. The van der Waals surface area contributed by atoms with Crippen molar-refractivity contribution in [3.63, 3.8) is 0 Å². The van der Waals surface area contributed by atoms with E-state index in [2.05, 4.69) is 13.2 Å². The molecule has 0 saturated carbocycles. The van der Waals surface area contributed by atoms with Crippen LogP contribution in [-0.2, 0) is 25.5 Å². The molecule has 3 aliphatic heterocycles. The van der Waals surface area contributed by atoms with E-state index in [1.54, 1.807) is 46.2 Å². The maximum atomic E-state index is 14.9. The molecule has 2 unspecified atom stereocenters. The van der Waals surface area contributed by atoms with Gasteiger partial charge in [0, 0.05) is 30.3 Å². The van der Waals surface area contributed by atoms with Gasteiger partial charge in [0.15, 0.2) is 0 Å². The lowest BCUT2D eigenvalue weighted by Gasteiger charge is -2.39. The zero-order valence-corrected chi connectivity index (χ0v) is 26.3. The van der Waals surface area contributed by atoms with E-state index in [9.17, 15) is 19.5 Å². The fourth-order valence-electron chi connectivity index (χ4n) is 7.68. The number of aliphatic hydroxyl groups excluding tert-OH is 1. The maximum Gasteiger partial charge on any atom is 0.253 e. The summed E-state index contributed by atoms with van der Waals surface area (Å²) in [4.78, 5) is 48.8. The lowest BCUT2D eigenvalue weighted by atomic mass is 9.66. The summed E-state index contributed by atoms with van der Waals surface area (Å²) in [6.45, 7) is 12.3. The van der Waals surface area contributed by atoms with Crippen LogP contribution in [0.3, 0.4) is 0 Å². The van der Waals surface area contributed by atoms with Gasteiger partial charge < -0.3 is 24.5 Å². The summed E-state index contributed by atoms with van der Waals surface area (Å²) in [7, 11) is 0. The second-order valence-corrected chi connectivity index (χ2v) is 12.7. The molecule has 1 N–H and O–H groups in total. The number of aliphatic hydroxyl groups is 1. The topological polar surface area (TPSA) is 90.4 Å². The van der Waals surface area contributed by atoms with Gasteiger partial charge in [-0.2, -0.15) is 0 Å². The van der Waals surface area contributed by atoms with E-state index in [1.807, 2.05) is 44.2 Å². The van der Waals surface area contributed by atoms with Crippen molar-refractivity contribution in [3.8, 4) is 0 Å². The first-order valence-corrected chi connectivity index (χ1v) is 15.8. The highest BCUT2D eigenvalue weighted by Crippen LogP contribution is 2.64. The molecule has 0 aromatic heterocycles. The van der Waals surface area contributed by atoms with Crippen molar-refractivity contribution in [1.29, 1.82) is 0 Å². The normalized spacial score (nSPS) is 27.6. The van der Waals surface area contributed by atoms with Gasteiger partial charge in [-0.05, 0) is 62.4 Å². The van der Waals surface area contributed by atoms with Crippen molar-refractivity contribution in [2.75, 3.05) is 31.1 Å². The van der Waals surface area contributed by atoms with E-state index >= 15 is 0 Å². The molecule has 6 atom stereocenters. The van der Waals surface area contributed by atoms with E-state index in [1.165, 1.54) is 4.90 Å². The first-order chi connectivity index (χ1) is 21.2. The summed E-state index contributed by atoms with van der Waals surface area (Å²) >= 11 is 6.17. The maximum absolute atomic E-state index is 14.9. The minimum Gasteiger partial charge on any atom is -0.394 e. The number of rotatable bonds is 13. The zero-order valence-electron chi connectivity index (χ0n) is 25.5. The molecule has 3 aliphatic rings. The number of hydrogen-bond acceptors (Lipinski definition) is 5. The molecule has 2 aromatic rings. The van der Waals surface area contributed by atoms with Gasteiger partial charge in [0.25, 0.3) is 5.91 Å². The molecular weight excluding hydrogens is 578 g/mol. The van der Waals surface area contributed by atoms with Gasteiger partial charge >= 0.3 is 0 Å². The van der Waals surface area contributed by atoms with Crippen LogP contribution < -0.4 is 4.90 Å². The molecule has 2 bridgehead atoms. The molecule has 1 spiro atoms. The molecule has 3 heterocycles. The summed E-state index contributed by atoms with van der Waals surface area (Å²) in [5.74, 6) is -2.47. The van der Waals surface area contributed by atoms with Gasteiger partial charge in [-0.15, -0.1) is 13.2 Å². The minimum absolute atomic E-state index is 0.161. The van der Waals surface area contributed by atoms with Gasteiger partial charge in [0.05, 0.1) is 30.1 Å². The summed E-state index contributed by atoms with van der Waals surface area (Å²) in [5, 5.41) is 11.3. The summed E-state index contributed by atoms with van der Waals surface area (Å²) in [5.41, 5.74) is -0.620. The predicted octanol–water partition coefficient (Wildman–Crippen LogP) is 4.65. The van der Waals surface area contributed by atoms with Crippen molar-refractivity contribution in [3.05, 3.63) is 90.5 Å². The highest BCUT2D eigenvalue weighted by molar-refractivity contribution is 6.30. The highest BCUT2D eigenvalue weighted by Gasteiger charge is 2.78. The van der Waals surface area contributed by atoms with Crippen LogP contribution in [0, 0.1) is 11.8 Å². The standard InChI is InChI=1S/C35H42ClN3O5/c1-5-19-37(20-6-2)31(41)28-29-32(42)39(27(23-40)22-24-11-9-8-10-12-24)30(35(29)18-17-34(28,4)44-35)33(43)38(21-7-3)26-15-13-25(36)14-16-26/h5,7-16,27-30,40H,1,3,6,17-23H2,2,4H3/t27-,28-,29+,30?,34+,35?/m1/s1. The van der Waals surface area contributed by atoms with Gasteiger partial charge in [-0.3, -0.25) is 14.4 Å². The summed E-state index contributed by atoms with van der Waals surface area (Å²) in [6, 6.07) is 14.7. The van der Waals surface area contributed by atoms with Crippen LogP contribution in [0.4, 0.5) is 5.69 Å². The molecule has 0 radical (unpaired) electrons.